The lowest BCUT2D eigenvalue weighted by Gasteiger charge is -2.37. The number of nitrogens with zero attached hydrogens (tertiary/aromatic N) is 3. The summed E-state index contributed by atoms with van der Waals surface area (Å²) >= 11 is 0. The molecule has 0 aliphatic carbocycles. The number of benzene rings is 1. The molecule has 1 aromatic heterocycles. The Kier molecular flexibility index (Phi) is 4.52. The van der Waals surface area contributed by atoms with Crippen LogP contribution in [0.25, 0.3) is 0 Å². The van der Waals surface area contributed by atoms with Gasteiger partial charge in [-0.15, -0.1) is 0 Å². The van der Waals surface area contributed by atoms with Gasteiger partial charge in [-0.25, -0.2) is 0 Å². The van der Waals surface area contributed by atoms with E-state index in [1.165, 1.54) is 5.56 Å². The molecule has 1 atom stereocenters. The highest BCUT2D eigenvalue weighted by Crippen LogP contribution is 2.31. The summed E-state index contributed by atoms with van der Waals surface area (Å²) in [6.07, 6.45) is 3.07. The summed E-state index contributed by atoms with van der Waals surface area (Å²) in [4.78, 5) is 21.0. The fourth-order valence-corrected chi connectivity index (χ4v) is 3.22. The first-order valence-corrected chi connectivity index (χ1v) is 8.58. The fourth-order valence-electron chi connectivity index (χ4n) is 3.22. The minimum absolute atomic E-state index is 0.0121. The van der Waals surface area contributed by atoms with Crippen molar-refractivity contribution in [2.24, 2.45) is 0 Å². The summed E-state index contributed by atoms with van der Waals surface area (Å²) in [5.41, 5.74) is 1.25. The molecule has 2 aromatic rings. The monoisotopic (exact) mass is 339 g/mol. The minimum Gasteiger partial charge on any atom is -0.485 e. The number of ether oxygens (including phenoxy) is 2. The Labute approximate surface area is 147 Å². The molecule has 0 unspecified atom stereocenters. The third-order valence-corrected chi connectivity index (χ3v) is 4.62. The van der Waals surface area contributed by atoms with Gasteiger partial charge in [0.05, 0.1) is 0 Å². The molecule has 1 saturated heterocycles. The van der Waals surface area contributed by atoms with E-state index in [4.69, 9.17) is 9.47 Å². The number of rotatable bonds is 3. The summed E-state index contributed by atoms with van der Waals surface area (Å²) in [6.45, 7) is 4.31. The number of fused-ring (bicyclic) bond motifs is 1. The number of piperazine rings is 1. The van der Waals surface area contributed by atoms with Crippen LogP contribution in [0.1, 0.15) is 5.56 Å². The van der Waals surface area contributed by atoms with Crippen molar-refractivity contribution >= 4 is 5.91 Å². The Balaban J connectivity index is 1.31. The topological polar surface area (TPSA) is 54.9 Å². The van der Waals surface area contributed by atoms with Gasteiger partial charge < -0.3 is 14.4 Å². The maximum atomic E-state index is 12.7. The van der Waals surface area contributed by atoms with Crippen LogP contribution >= 0.6 is 0 Å². The van der Waals surface area contributed by atoms with Crippen LogP contribution in [0.5, 0.6) is 11.5 Å². The first kappa shape index (κ1) is 15.9. The SMILES string of the molecule is O=C([C@H]1COc2ccccc2O1)N1CCN(Cc2ccncc2)CC1. The first-order chi connectivity index (χ1) is 12.3. The third-order valence-electron chi connectivity index (χ3n) is 4.62. The highest BCUT2D eigenvalue weighted by molar-refractivity contribution is 5.82. The average Bonchev–Trinajstić information content (AvgIpc) is 2.68. The van der Waals surface area contributed by atoms with Crippen LogP contribution in [0, 0.1) is 0 Å². The molecule has 2 aliphatic rings. The van der Waals surface area contributed by atoms with Crippen LogP contribution in [-0.4, -0.2) is 59.6 Å². The molecule has 0 N–H and O–H groups in total. The van der Waals surface area contributed by atoms with E-state index in [1.807, 2.05) is 53.7 Å². The molecular weight excluding hydrogens is 318 g/mol. The molecule has 25 heavy (non-hydrogen) atoms. The van der Waals surface area contributed by atoms with Crippen LogP contribution in [0.4, 0.5) is 0 Å². The Morgan fingerprint density at radius 1 is 1.04 bits per heavy atom. The standard InChI is InChI=1S/C19H21N3O3/c23-19(18-14-24-16-3-1-2-4-17(16)25-18)22-11-9-21(10-12-22)13-15-5-7-20-8-6-15/h1-8,18H,9-14H2/t18-/m1/s1. The maximum Gasteiger partial charge on any atom is 0.267 e. The zero-order valence-corrected chi connectivity index (χ0v) is 14.0. The predicted molar refractivity (Wildman–Crippen MR) is 92.4 cm³/mol. The van der Waals surface area contributed by atoms with Gasteiger partial charge in [-0.1, -0.05) is 12.1 Å². The molecular formula is C19H21N3O3. The quantitative estimate of drug-likeness (QED) is 0.850. The van der Waals surface area contributed by atoms with E-state index >= 15 is 0 Å². The van der Waals surface area contributed by atoms with Crippen LogP contribution in [0.2, 0.25) is 0 Å². The van der Waals surface area contributed by atoms with Crippen molar-refractivity contribution in [2.45, 2.75) is 12.6 Å². The lowest BCUT2D eigenvalue weighted by Crippen LogP contribution is -2.53. The molecule has 1 amide bonds. The number of aromatic nitrogens is 1. The van der Waals surface area contributed by atoms with E-state index in [9.17, 15) is 4.79 Å². The largest absolute Gasteiger partial charge is 0.485 e. The molecule has 1 aromatic carbocycles. The smallest absolute Gasteiger partial charge is 0.267 e. The summed E-state index contributed by atoms with van der Waals surface area (Å²) < 4.78 is 11.5. The highest BCUT2D eigenvalue weighted by Gasteiger charge is 2.32. The zero-order valence-electron chi connectivity index (χ0n) is 14.0. The molecule has 130 valence electrons. The molecule has 0 spiro atoms. The fraction of sp³-hybridized carbons (Fsp3) is 0.368. The van der Waals surface area contributed by atoms with Crippen molar-refractivity contribution in [3.05, 3.63) is 54.4 Å². The van der Waals surface area contributed by atoms with Gasteiger partial charge in [0.2, 0.25) is 6.10 Å². The normalized spacial score (nSPS) is 20.3. The number of carbonyl (C=O) groups is 1. The Bertz CT molecular complexity index is 730. The number of carbonyl (C=O) groups excluding carboxylic acids is 1. The van der Waals surface area contributed by atoms with E-state index < -0.39 is 6.10 Å². The van der Waals surface area contributed by atoms with Crippen molar-refractivity contribution in [2.75, 3.05) is 32.8 Å². The van der Waals surface area contributed by atoms with E-state index in [0.29, 0.717) is 24.6 Å². The van der Waals surface area contributed by atoms with Crippen LogP contribution in [0.15, 0.2) is 48.8 Å². The van der Waals surface area contributed by atoms with E-state index in [1.54, 1.807) is 0 Å². The van der Waals surface area contributed by atoms with Gasteiger partial charge >= 0.3 is 0 Å². The second kappa shape index (κ2) is 7.11. The van der Waals surface area contributed by atoms with Crippen LogP contribution in [-0.2, 0) is 11.3 Å². The van der Waals surface area contributed by atoms with Gasteiger partial charge in [-0.3, -0.25) is 14.7 Å². The minimum atomic E-state index is -0.554. The Morgan fingerprint density at radius 3 is 2.52 bits per heavy atom. The molecule has 3 heterocycles. The summed E-state index contributed by atoms with van der Waals surface area (Å²) in [5.74, 6) is 1.36. The van der Waals surface area contributed by atoms with E-state index in [0.717, 1.165) is 19.6 Å². The van der Waals surface area contributed by atoms with Gasteiger partial charge in [-0.05, 0) is 29.8 Å². The average molecular weight is 339 g/mol. The van der Waals surface area contributed by atoms with Crippen molar-refractivity contribution in [3.63, 3.8) is 0 Å². The van der Waals surface area contributed by atoms with Gasteiger partial charge in [0.15, 0.2) is 11.5 Å². The molecule has 2 aliphatic heterocycles. The Morgan fingerprint density at radius 2 is 1.76 bits per heavy atom. The molecule has 0 bridgehead atoms. The summed E-state index contributed by atoms with van der Waals surface area (Å²) in [7, 11) is 0. The lowest BCUT2D eigenvalue weighted by atomic mass is 10.2. The van der Waals surface area contributed by atoms with Gasteiger partial charge in [0, 0.05) is 45.1 Å². The van der Waals surface area contributed by atoms with Crippen molar-refractivity contribution in [3.8, 4) is 11.5 Å². The van der Waals surface area contributed by atoms with Crippen LogP contribution in [0.3, 0.4) is 0 Å². The lowest BCUT2D eigenvalue weighted by molar-refractivity contribution is -0.143. The highest BCUT2D eigenvalue weighted by atomic mass is 16.6. The van der Waals surface area contributed by atoms with E-state index in [2.05, 4.69) is 9.88 Å². The van der Waals surface area contributed by atoms with Gasteiger partial charge in [-0.2, -0.15) is 0 Å². The number of hydrogen-bond acceptors (Lipinski definition) is 5. The number of hydrogen-bond donors (Lipinski definition) is 0. The zero-order chi connectivity index (χ0) is 17.1. The van der Waals surface area contributed by atoms with Gasteiger partial charge in [0.1, 0.15) is 6.61 Å². The maximum absolute atomic E-state index is 12.7. The predicted octanol–water partition coefficient (Wildman–Crippen LogP) is 1.57. The van der Waals surface area contributed by atoms with Crippen molar-refractivity contribution in [1.82, 2.24) is 14.8 Å². The second-order valence-electron chi connectivity index (χ2n) is 6.32. The Hall–Kier alpha value is -2.60. The van der Waals surface area contributed by atoms with E-state index in [-0.39, 0.29) is 12.5 Å². The van der Waals surface area contributed by atoms with Crippen LogP contribution < -0.4 is 9.47 Å². The van der Waals surface area contributed by atoms with Crippen molar-refractivity contribution in [1.29, 1.82) is 0 Å². The molecule has 0 saturated carbocycles. The molecule has 1 fully saturated rings. The number of pyridine rings is 1. The summed E-state index contributed by atoms with van der Waals surface area (Å²) in [6, 6.07) is 11.5. The number of amides is 1. The number of para-hydroxylation sites is 2. The third kappa shape index (κ3) is 3.58. The molecule has 0 radical (unpaired) electrons. The summed E-state index contributed by atoms with van der Waals surface area (Å²) in [5, 5.41) is 0. The first-order valence-electron chi connectivity index (χ1n) is 8.58. The second-order valence-corrected chi connectivity index (χ2v) is 6.32. The molecule has 6 heteroatoms. The van der Waals surface area contributed by atoms with Crippen molar-refractivity contribution < 1.29 is 14.3 Å². The molecule has 4 rings (SSSR count). The molecule has 6 nitrogen and oxygen atoms in total. The van der Waals surface area contributed by atoms with Gasteiger partial charge in [0.25, 0.3) is 5.91 Å².